The number of aliphatic imine (C=N–C) groups is 1. The van der Waals surface area contributed by atoms with Gasteiger partial charge in [-0.3, -0.25) is 4.99 Å². The smallest absolute Gasteiger partial charge is 0.862 e. The molecule has 0 aliphatic rings. The number of ether oxygens (including phenoxy) is 1. The fourth-order valence-electron chi connectivity index (χ4n) is 1.02. The Bertz CT molecular complexity index is 418. The Morgan fingerprint density at radius 2 is 2.12 bits per heavy atom. The number of nitrogens with zero attached hydrogens (tertiary/aromatic N) is 1. The van der Waals surface area contributed by atoms with E-state index < -0.39 is 11.1 Å². The second-order valence-corrected chi connectivity index (χ2v) is 3.72. The predicted octanol–water partition coefficient (Wildman–Crippen LogP) is -2.31. The Morgan fingerprint density at radius 1 is 1.50 bits per heavy atom. The van der Waals surface area contributed by atoms with Crippen molar-refractivity contribution in [2.75, 3.05) is 7.11 Å². The zero-order valence-electron chi connectivity index (χ0n) is 9.26. The van der Waals surface area contributed by atoms with Gasteiger partial charge in [0.25, 0.3) is 0 Å². The molecule has 0 heterocycles. The summed E-state index contributed by atoms with van der Waals surface area (Å²) in [5.41, 5.74) is 0.305. The molecule has 0 amide bonds. The molecule has 5 nitrogen and oxygen atoms in total. The predicted molar refractivity (Wildman–Crippen MR) is 54.8 cm³/mol. The minimum Gasteiger partial charge on any atom is -0.862 e. The van der Waals surface area contributed by atoms with Crippen molar-refractivity contribution in [3.8, 4) is 5.75 Å². The van der Waals surface area contributed by atoms with Gasteiger partial charge < -0.3 is 14.4 Å². The molecule has 0 saturated heterocycles. The minimum atomic E-state index is -2.12. The molecular formula is C9H10NNaO4S. The third-order valence-corrected chi connectivity index (χ3v) is 2.23. The van der Waals surface area contributed by atoms with E-state index in [1.54, 1.807) is 0 Å². The molecule has 0 aliphatic heterocycles. The van der Waals surface area contributed by atoms with Gasteiger partial charge in [-0.1, -0.05) is 0 Å². The Labute approximate surface area is 118 Å². The van der Waals surface area contributed by atoms with Crippen LogP contribution in [0.15, 0.2) is 28.1 Å². The van der Waals surface area contributed by atoms with Crippen molar-refractivity contribution in [3.05, 3.63) is 18.2 Å². The second-order valence-electron chi connectivity index (χ2n) is 2.75. The van der Waals surface area contributed by atoms with Crippen LogP contribution >= 0.6 is 0 Å². The Balaban J connectivity index is 0.00000225. The average Bonchev–Trinajstić information content (AvgIpc) is 2.16. The van der Waals surface area contributed by atoms with E-state index >= 15 is 0 Å². The van der Waals surface area contributed by atoms with Gasteiger partial charge >= 0.3 is 29.6 Å². The minimum absolute atomic E-state index is 0. The number of hydrogen-bond acceptors (Lipinski definition) is 4. The molecule has 16 heavy (non-hydrogen) atoms. The van der Waals surface area contributed by atoms with Crippen molar-refractivity contribution in [2.24, 2.45) is 4.99 Å². The van der Waals surface area contributed by atoms with Crippen molar-refractivity contribution in [1.82, 2.24) is 0 Å². The molecule has 0 aromatic heterocycles. The van der Waals surface area contributed by atoms with Crippen molar-refractivity contribution in [3.63, 3.8) is 0 Å². The fraction of sp³-hybridized carbons (Fsp3) is 0.222. The summed E-state index contributed by atoms with van der Waals surface area (Å²) in [5, 5.41) is 10.7. The third-order valence-electron chi connectivity index (χ3n) is 1.59. The van der Waals surface area contributed by atoms with Gasteiger partial charge in [0, 0.05) is 6.07 Å². The number of methoxy groups -OCH3 is 1. The van der Waals surface area contributed by atoms with Crippen LogP contribution in [0.25, 0.3) is 0 Å². The van der Waals surface area contributed by atoms with Crippen molar-refractivity contribution in [2.45, 2.75) is 11.8 Å². The number of benzene rings is 1. The zero-order valence-corrected chi connectivity index (χ0v) is 12.1. The first-order chi connectivity index (χ1) is 7.02. The molecule has 0 spiro atoms. The molecule has 0 bridgehead atoms. The molecule has 7 heteroatoms. The topological polar surface area (TPSA) is 82.0 Å². The van der Waals surface area contributed by atoms with Crippen molar-refractivity contribution >= 4 is 22.7 Å². The molecular weight excluding hydrogens is 241 g/mol. The summed E-state index contributed by atoms with van der Waals surface area (Å²) in [5.74, 6) is 0.00725. The van der Waals surface area contributed by atoms with Crippen LogP contribution in [-0.2, 0) is 11.1 Å². The van der Waals surface area contributed by atoms with E-state index in [4.69, 9.17) is 9.29 Å². The van der Waals surface area contributed by atoms with E-state index in [0.29, 0.717) is 11.4 Å². The van der Waals surface area contributed by atoms with E-state index in [-0.39, 0.29) is 40.4 Å². The quantitative estimate of drug-likeness (QED) is 0.283. The molecule has 1 N–H and O–H groups in total. The van der Waals surface area contributed by atoms with Gasteiger partial charge in [-0.15, -0.1) is 0 Å². The SMILES string of the molecule is COc1cc(N=C(C)[O-])cc(S(=O)O)c1.[Na+]. The molecule has 1 aromatic rings. The molecule has 1 aromatic carbocycles. The molecule has 82 valence electrons. The summed E-state index contributed by atoms with van der Waals surface area (Å²) in [6.07, 6.45) is 0. The molecule has 1 rings (SSSR count). The van der Waals surface area contributed by atoms with Crippen LogP contribution in [0.2, 0.25) is 0 Å². The van der Waals surface area contributed by atoms with Gasteiger partial charge in [-0.05, 0) is 25.0 Å². The molecule has 0 fully saturated rings. The first-order valence-electron chi connectivity index (χ1n) is 4.05. The van der Waals surface area contributed by atoms with Gasteiger partial charge in [0.15, 0.2) is 11.1 Å². The normalized spacial score (nSPS) is 12.8. The molecule has 0 saturated carbocycles. The largest absolute Gasteiger partial charge is 1.00 e. The summed E-state index contributed by atoms with van der Waals surface area (Å²) >= 11 is -2.12. The van der Waals surface area contributed by atoms with Crippen molar-refractivity contribution in [1.29, 1.82) is 0 Å². The standard InChI is InChI=1S/C9H11NO4S.Na/c1-6(11)10-7-3-8(14-2)5-9(4-7)15(12)13;/h3-5H,1-2H3,(H,10,11)(H,12,13);/q;+1/p-1. The maximum atomic E-state index is 10.8. The Morgan fingerprint density at radius 3 is 2.56 bits per heavy atom. The zero-order chi connectivity index (χ0) is 11.4. The van der Waals surface area contributed by atoms with Crippen LogP contribution in [0.3, 0.4) is 0 Å². The average molecular weight is 251 g/mol. The summed E-state index contributed by atoms with van der Waals surface area (Å²) in [6, 6.07) is 4.28. The van der Waals surface area contributed by atoms with Crippen LogP contribution in [0.5, 0.6) is 5.75 Å². The van der Waals surface area contributed by atoms with E-state index in [2.05, 4.69) is 4.99 Å². The van der Waals surface area contributed by atoms with Crippen LogP contribution in [-0.4, -0.2) is 21.8 Å². The van der Waals surface area contributed by atoms with Gasteiger partial charge in [0.1, 0.15) is 5.75 Å². The van der Waals surface area contributed by atoms with Crippen LogP contribution in [0.1, 0.15) is 6.92 Å². The molecule has 1 atom stereocenters. The van der Waals surface area contributed by atoms with Crippen LogP contribution in [0, 0.1) is 0 Å². The number of rotatable bonds is 3. The monoisotopic (exact) mass is 251 g/mol. The molecule has 0 radical (unpaired) electrons. The first-order valence-corrected chi connectivity index (χ1v) is 5.16. The van der Waals surface area contributed by atoms with Gasteiger partial charge in [-0.2, -0.15) is 0 Å². The van der Waals surface area contributed by atoms with E-state index in [9.17, 15) is 9.32 Å². The molecule has 1 unspecified atom stereocenters. The first kappa shape index (κ1) is 15.6. The summed E-state index contributed by atoms with van der Waals surface area (Å²) in [4.78, 5) is 3.79. The van der Waals surface area contributed by atoms with Crippen molar-refractivity contribution < 1.29 is 48.2 Å². The van der Waals surface area contributed by atoms with E-state index in [1.165, 1.54) is 32.2 Å². The van der Waals surface area contributed by atoms with Gasteiger partial charge in [0.05, 0.1) is 17.7 Å². The Hall–Kier alpha value is -0.400. The van der Waals surface area contributed by atoms with Crippen LogP contribution in [0.4, 0.5) is 5.69 Å². The maximum Gasteiger partial charge on any atom is 1.00 e. The summed E-state index contributed by atoms with van der Waals surface area (Å²) < 4.78 is 24.6. The van der Waals surface area contributed by atoms with Crippen LogP contribution < -0.4 is 39.4 Å². The number of hydrogen-bond donors (Lipinski definition) is 1. The van der Waals surface area contributed by atoms with E-state index in [1.807, 2.05) is 0 Å². The van der Waals surface area contributed by atoms with Gasteiger partial charge in [0.2, 0.25) is 0 Å². The fourth-order valence-corrected chi connectivity index (χ4v) is 1.46. The second kappa shape index (κ2) is 7.03. The Kier molecular flexibility index (Phi) is 6.85. The third kappa shape index (κ3) is 4.63. The molecule has 0 aliphatic carbocycles. The summed E-state index contributed by atoms with van der Waals surface area (Å²) in [7, 11) is 1.43. The van der Waals surface area contributed by atoms with E-state index in [0.717, 1.165) is 0 Å². The summed E-state index contributed by atoms with van der Waals surface area (Å²) in [6.45, 7) is 1.30. The van der Waals surface area contributed by atoms with Gasteiger partial charge in [-0.25, -0.2) is 4.21 Å². The maximum absolute atomic E-state index is 10.8.